The third-order valence-electron chi connectivity index (χ3n) is 4.71. The van der Waals surface area contributed by atoms with Crippen LogP contribution in [0.3, 0.4) is 0 Å². The summed E-state index contributed by atoms with van der Waals surface area (Å²) in [7, 11) is 7.37. The molecular weight excluding hydrogens is 376 g/mol. The van der Waals surface area contributed by atoms with Gasteiger partial charge in [0.05, 0.1) is 0 Å². The summed E-state index contributed by atoms with van der Waals surface area (Å²) < 4.78 is 0. The maximum absolute atomic E-state index is 5.88. The molecular formula is C22H28N8. The van der Waals surface area contributed by atoms with Crippen molar-refractivity contribution in [1.82, 2.24) is 20.7 Å². The van der Waals surface area contributed by atoms with Gasteiger partial charge in [-0.2, -0.15) is 0 Å². The van der Waals surface area contributed by atoms with Gasteiger partial charge in [0.2, 0.25) is 11.9 Å². The van der Waals surface area contributed by atoms with Crippen LogP contribution in [0, 0.1) is 0 Å². The summed E-state index contributed by atoms with van der Waals surface area (Å²) in [6, 6.07) is 16.4. The number of nitrogens with two attached hydrogens (primary N) is 2. The highest BCUT2D eigenvalue weighted by molar-refractivity contribution is 6.00. The van der Waals surface area contributed by atoms with Crippen molar-refractivity contribution in [3.05, 3.63) is 59.0 Å². The number of benzene rings is 3. The van der Waals surface area contributed by atoms with Crippen LogP contribution in [0.25, 0.3) is 33.9 Å². The summed E-state index contributed by atoms with van der Waals surface area (Å²) in [4.78, 5) is 3.47. The Hall–Kier alpha value is -3.94. The highest BCUT2D eigenvalue weighted by Crippen LogP contribution is 2.13. The van der Waals surface area contributed by atoms with Crippen LogP contribution in [-0.2, 0) is 0 Å². The Labute approximate surface area is 175 Å². The van der Waals surface area contributed by atoms with Gasteiger partial charge in [0, 0.05) is 51.0 Å². The Morgan fingerprint density at radius 3 is 1.23 bits per heavy atom. The fourth-order valence-corrected chi connectivity index (χ4v) is 3.03. The molecule has 0 aliphatic rings. The number of rotatable bonds is 4. The van der Waals surface area contributed by atoms with Crippen molar-refractivity contribution in [2.24, 2.45) is 21.7 Å². The molecule has 30 heavy (non-hydrogen) atoms. The summed E-state index contributed by atoms with van der Waals surface area (Å²) in [5.74, 6) is 0.788. The van der Waals surface area contributed by atoms with Crippen LogP contribution in [0.15, 0.2) is 58.7 Å². The van der Waals surface area contributed by atoms with Crippen molar-refractivity contribution in [1.29, 1.82) is 0 Å². The highest BCUT2D eigenvalue weighted by atomic mass is 15.4. The number of nitrogens with one attached hydrogen (secondary N) is 2. The van der Waals surface area contributed by atoms with Gasteiger partial charge in [0.15, 0.2) is 0 Å². The molecule has 6 N–H and O–H groups in total. The standard InChI is InChI=1S/C22H28N8/c1-29(2)21(23)27-25-13-19-15-9-5-7-11-17(15)20(14-26-28-22(24)30(3)4)18-12-8-6-10-16(18)19/h5-14,25-26H,1-4H3,(H2,23,27)(H2,24,28). The molecule has 3 aromatic carbocycles. The lowest BCUT2D eigenvalue weighted by Crippen LogP contribution is -2.32. The average molecular weight is 405 g/mol. The Balaban J connectivity index is 2.26. The van der Waals surface area contributed by atoms with E-state index in [1.54, 1.807) is 9.80 Å². The van der Waals surface area contributed by atoms with E-state index in [-0.39, 0.29) is 0 Å². The van der Waals surface area contributed by atoms with E-state index in [2.05, 4.69) is 45.3 Å². The van der Waals surface area contributed by atoms with Crippen molar-refractivity contribution in [3.8, 4) is 0 Å². The summed E-state index contributed by atoms with van der Waals surface area (Å²) >= 11 is 0. The number of hydrogen-bond donors (Lipinski definition) is 4. The van der Waals surface area contributed by atoms with E-state index in [0.29, 0.717) is 11.9 Å². The molecule has 8 nitrogen and oxygen atoms in total. The van der Waals surface area contributed by atoms with E-state index >= 15 is 0 Å². The largest absolute Gasteiger partial charge is 0.368 e. The molecule has 0 radical (unpaired) electrons. The molecule has 0 bridgehead atoms. The second-order valence-corrected chi connectivity index (χ2v) is 7.19. The normalized spacial score (nSPS) is 12.0. The van der Waals surface area contributed by atoms with E-state index < -0.39 is 0 Å². The predicted octanol–water partition coefficient (Wildman–Crippen LogP) is 0.231. The quantitative estimate of drug-likeness (QED) is 0.215. The van der Waals surface area contributed by atoms with Crippen LogP contribution in [0.5, 0.6) is 0 Å². The number of hydrazone groups is 2. The minimum atomic E-state index is 0.394. The Morgan fingerprint density at radius 2 is 0.967 bits per heavy atom. The maximum atomic E-state index is 5.88. The highest BCUT2D eigenvalue weighted by Gasteiger charge is 2.05. The van der Waals surface area contributed by atoms with Crippen LogP contribution in [-0.4, -0.2) is 49.9 Å². The molecule has 0 heterocycles. The Bertz CT molecular complexity index is 1070. The van der Waals surface area contributed by atoms with Crippen LogP contribution >= 0.6 is 0 Å². The van der Waals surface area contributed by atoms with E-state index in [9.17, 15) is 0 Å². The molecule has 0 unspecified atom stereocenters. The monoisotopic (exact) mass is 404 g/mol. The number of nitrogens with zero attached hydrogens (tertiary/aromatic N) is 4. The zero-order chi connectivity index (χ0) is 21.7. The first-order valence-electron chi connectivity index (χ1n) is 9.52. The first-order chi connectivity index (χ1) is 14.4. The molecule has 0 atom stereocenters. The minimum Gasteiger partial charge on any atom is -0.368 e. The van der Waals surface area contributed by atoms with E-state index in [1.165, 1.54) is 0 Å². The van der Waals surface area contributed by atoms with E-state index in [0.717, 1.165) is 32.0 Å². The molecule has 0 spiro atoms. The minimum absolute atomic E-state index is 0.394. The van der Waals surface area contributed by atoms with Gasteiger partial charge < -0.3 is 21.3 Å². The molecule has 0 saturated heterocycles. The fourth-order valence-electron chi connectivity index (χ4n) is 3.03. The molecule has 0 fully saturated rings. The smallest absolute Gasteiger partial charge is 0.213 e. The summed E-state index contributed by atoms with van der Waals surface area (Å²) in [6.45, 7) is 0. The third kappa shape index (κ3) is 4.38. The molecule has 0 aliphatic heterocycles. The van der Waals surface area contributed by atoms with Gasteiger partial charge in [0.1, 0.15) is 0 Å². The number of fused-ring (bicyclic) bond motifs is 2. The van der Waals surface area contributed by atoms with Gasteiger partial charge >= 0.3 is 0 Å². The van der Waals surface area contributed by atoms with Crippen LogP contribution in [0.1, 0.15) is 0 Å². The molecule has 0 saturated carbocycles. The lowest BCUT2D eigenvalue weighted by atomic mass is 9.98. The molecule has 0 aromatic heterocycles. The van der Waals surface area contributed by atoms with Crippen molar-refractivity contribution in [2.45, 2.75) is 0 Å². The first-order valence-corrected chi connectivity index (χ1v) is 9.52. The lowest BCUT2D eigenvalue weighted by molar-refractivity contribution is 0.607. The lowest BCUT2D eigenvalue weighted by Gasteiger charge is -2.11. The van der Waals surface area contributed by atoms with Crippen molar-refractivity contribution in [3.63, 3.8) is 0 Å². The Morgan fingerprint density at radius 1 is 0.667 bits per heavy atom. The zero-order valence-corrected chi connectivity index (χ0v) is 17.7. The zero-order valence-electron chi connectivity index (χ0n) is 17.7. The molecule has 3 aromatic rings. The van der Waals surface area contributed by atoms with Crippen LogP contribution < -0.4 is 32.8 Å². The van der Waals surface area contributed by atoms with Gasteiger partial charge in [-0.3, -0.25) is 10.9 Å². The van der Waals surface area contributed by atoms with Crippen LogP contribution in [0.4, 0.5) is 0 Å². The van der Waals surface area contributed by atoms with Gasteiger partial charge in [-0.05, 0) is 21.5 Å². The molecule has 0 amide bonds. The van der Waals surface area contributed by atoms with Crippen LogP contribution in [0.2, 0.25) is 0 Å². The second kappa shape index (κ2) is 9.04. The van der Waals surface area contributed by atoms with Crippen molar-refractivity contribution < 1.29 is 0 Å². The molecule has 8 heteroatoms. The fraction of sp³-hybridized carbons (Fsp3) is 0.182. The first kappa shape index (κ1) is 20.8. The molecule has 156 valence electrons. The van der Waals surface area contributed by atoms with E-state index in [1.807, 2.05) is 64.9 Å². The Kier molecular flexibility index (Phi) is 6.26. The van der Waals surface area contributed by atoms with Crippen molar-refractivity contribution in [2.75, 3.05) is 28.2 Å². The summed E-state index contributed by atoms with van der Waals surface area (Å²) in [6.07, 6.45) is 3.75. The third-order valence-corrected chi connectivity index (χ3v) is 4.71. The number of guanidine groups is 2. The van der Waals surface area contributed by atoms with Gasteiger partial charge in [-0.15, -0.1) is 10.2 Å². The predicted molar refractivity (Wildman–Crippen MR) is 127 cm³/mol. The molecule has 3 rings (SSSR count). The number of hydrogen-bond acceptors (Lipinski definition) is 4. The second-order valence-electron chi connectivity index (χ2n) is 7.19. The van der Waals surface area contributed by atoms with Gasteiger partial charge in [0.25, 0.3) is 0 Å². The summed E-state index contributed by atoms with van der Waals surface area (Å²) in [5.41, 5.74) is 17.7. The SMILES string of the molecule is CN(C)C(N)=NNC=c1c2ccccc2c(=CNN=C(N)N(C)C)c2ccccc12. The topological polar surface area (TPSA) is 107 Å². The molecule has 0 aliphatic carbocycles. The van der Waals surface area contributed by atoms with Crippen molar-refractivity contribution >= 4 is 45.9 Å². The average Bonchev–Trinajstić information content (AvgIpc) is 2.74. The van der Waals surface area contributed by atoms with Gasteiger partial charge in [-0.25, -0.2) is 0 Å². The van der Waals surface area contributed by atoms with E-state index in [4.69, 9.17) is 11.5 Å². The summed E-state index contributed by atoms with van der Waals surface area (Å²) in [5, 5.41) is 14.8. The van der Waals surface area contributed by atoms with Gasteiger partial charge in [-0.1, -0.05) is 48.5 Å². The maximum Gasteiger partial charge on any atom is 0.213 e.